The van der Waals surface area contributed by atoms with Crippen molar-refractivity contribution in [3.05, 3.63) is 35.9 Å². The fraction of sp³-hybridized carbons (Fsp3) is 0.650. The summed E-state index contributed by atoms with van der Waals surface area (Å²) >= 11 is 0. The highest BCUT2D eigenvalue weighted by molar-refractivity contribution is 5.78. The van der Waals surface area contributed by atoms with Crippen molar-refractivity contribution in [2.45, 2.75) is 50.2 Å². The van der Waals surface area contributed by atoms with Crippen molar-refractivity contribution in [2.24, 2.45) is 11.8 Å². The van der Waals surface area contributed by atoms with E-state index in [1.165, 1.54) is 24.8 Å². The summed E-state index contributed by atoms with van der Waals surface area (Å²) in [7, 11) is 0. The number of hydrogen-bond donors (Lipinski definition) is 1. The minimum absolute atomic E-state index is 0.0179. The first-order chi connectivity index (χ1) is 11.8. The first-order valence-electron chi connectivity index (χ1n) is 9.36. The van der Waals surface area contributed by atoms with Crippen molar-refractivity contribution in [3.63, 3.8) is 0 Å². The lowest BCUT2D eigenvalue weighted by Crippen LogP contribution is -2.57. The summed E-state index contributed by atoms with van der Waals surface area (Å²) in [6, 6.07) is 10.9. The van der Waals surface area contributed by atoms with Gasteiger partial charge >= 0.3 is 0 Å². The average Bonchev–Trinajstić information content (AvgIpc) is 3.24. The minimum atomic E-state index is 0.0179. The molecule has 0 aromatic heterocycles. The van der Waals surface area contributed by atoms with Crippen LogP contribution in [0.2, 0.25) is 0 Å². The van der Waals surface area contributed by atoms with Gasteiger partial charge in [-0.3, -0.25) is 4.79 Å². The molecule has 0 unspecified atom stereocenters. The van der Waals surface area contributed by atoms with E-state index < -0.39 is 0 Å². The number of rotatable bonds is 6. The number of hydrogen-bond acceptors (Lipinski definition) is 3. The second-order valence-corrected chi connectivity index (χ2v) is 7.44. The summed E-state index contributed by atoms with van der Waals surface area (Å²) in [5, 5.41) is 3.26. The summed E-state index contributed by atoms with van der Waals surface area (Å²) < 4.78 is 11.1. The van der Waals surface area contributed by atoms with Crippen molar-refractivity contribution in [1.82, 2.24) is 5.32 Å². The van der Waals surface area contributed by atoms with Crippen LogP contribution in [0.3, 0.4) is 0 Å². The van der Waals surface area contributed by atoms with Gasteiger partial charge in [0.05, 0.1) is 12.7 Å². The molecule has 5 atom stereocenters. The topological polar surface area (TPSA) is 47.6 Å². The Hall–Kier alpha value is -1.39. The number of carbonyl (C=O) groups excluding carboxylic acids is 1. The van der Waals surface area contributed by atoms with E-state index in [2.05, 4.69) is 35.6 Å². The van der Waals surface area contributed by atoms with E-state index in [0.29, 0.717) is 18.4 Å². The van der Waals surface area contributed by atoms with E-state index in [9.17, 15) is 4.79 Å². The zero-order valence-electron chi connectivity index (χ0n) is 14.2. The highest BCUT2D eigenvalue weighted by Crippen LogP contribution is 2.55. The van der Waals surface area contributed by atoms with Crippen molar-refractivity contribution in [2.75, 3.05) is 19.8 Å². The Balaban J connectivity index is 1.31. The van der Waals surface area contributed by atoms with Gasteiger partial charge in [0, 0.05) is 18.6 Å². The van der Waals surface area contributed by atoms with E-state index in [0.717, 1.165) is 25.4 Å². The van der Waals surface area contributed by atoms with Gasteiger partial charge in [0.1, 0.15) is 6.61 Å². The second-order valence-electron chi connectivity index (χ2n) is 7.44. The van der Waals surface area contributed by atoms with E-state index >= 15 is 0 Å². The maximum atomic E-state index is 12.3. The molecule has 1 aliphatic heterocycles. The smallest absolute Gasteiger partial charge is 0.246 e. The molecule has 2 saturated carbocycles. The van der Waals surface area contributed by atoms with Gasteiger partial charge in [-0.25, -0.2) is 0 Å². The molecule has 0 bridgehead atoms. The molecule has 4 nitrogen and oxygen atoms in total. The third kappa shape index (κ3) is 3.22. The number of nitrogens with one attached hydrogen (secondary N) is 1. The highest BCUT2D eigenvalue weighted by Gasteiger charge is 2.53. The molecule has 0 radical (unpaired) electrons. The molecule has 4 heteroatoms. The molecule has 4 rings (SSSR count). The van der Waals surface area contributed by atoms with Gasteiger partial charge in [-0.1, -0.05) is 36.8 Å². The molecule has 1 saturated heterocycles. The molecule has 1 amide bonds. The zero-order chi connectivity index (χ0) is 16.4. The van der Waals surface area contributed by atoms with Crippen LogP contribution in [0.1, 0.15) is 43.6 Å². The summed E-state index contributed by atoms with van der Waals surface area (Å²) in [6.45, 7) is 1.51. The summed E-state index contributed by atoms with van der Waals surface area (Å²) in [5.74, 6) is 1.88. The quantitative estimate of drug-likeness (QED) is 0.873. The predicted octanol–water partition coefficient (Wildman–Crippen LogP) is 2.88. The van der Waals surface area contributed by atoms with E-state index in [4.69, 9.17) is 9.47 Å². The van der Waals surface area contributed by atoms with E-state index in [1.54, 1.807) is 0 Å². The Morgan fingerprint density at radius 3 is 2.75 bits per heavy atom. The molecule has 1 heterocycles. The number of amides is 1. The Labute approximate surface area is 143 Å². The highest BCUT2D eigenvalue weighted by atomic mass is 16.5. The third-order valence-corrected chi connectivity index (χ3v) is 6.01. The van der Waals surface area contributed by atoms with Crippen LogP contribution in [0, 0.1) is 11.8 Å². The largest absolute Gasteiger partial charge is 0.376 e. The van der Waals surface area contributed by atoms with E-state index in [-0.39, 0.29) is 24.7 Å². The first-order valence-corrected chi connectivity index (χ1v) is 9.36. The Bertz CT molecular complexity index is 555. The van der Waals surface area contributed by atoms with Crippen molar-refractivity contribution < 1.29 is 14.3 Å². The van der Waals surface area contributed by atoms with Crippen LogP contribution in [0.5, 0.6) is 0 Å². The van der Waals surface area contributed by atoms with Crippen LogP contribution >= 0.6 is 0 Å². The standard InChI is InChI=1S/C20H27NO3/c22-18(13-23-12-15-8-5-11-24-15)21-20-17-10-4-9-16(17)19(20)14-6-2-1-3-7-14/h1-3,6-7,15-17,19-20H,4-5,8-13H2,(H,21,22)/t15-,16+,17+,19+,20+/m0/s1. The molecule has 3 fully saturated rings. The van der Waals surface area contributed by atoms with Gasteiger partial charge < -0.3 is 14.8 Å². The van der Waals surface area contributed by atoms with Gasteiger partial charge in [-0.05, 0) is 43.1 Å². The SMILES string of the molecule is O=C(COC[C@@H]1CCCO1)N[C@@H]1[C@@H]2CCC[C@H]2[C@H]1c1ccccc1. The molecule has 1 aromatic carbocycles. The summed E-state index contributed by atoms with van der Waals surface area (Å²) in [5.41, 5.74) is 1.37. The fourth-order valence-corrected chi connectivity index (χ4v) is 4.91. The average molecular weight is 329 g/mol. The van der Waals surface area contributed by atoms with Crippen molar-refractivity contribution in [1.29, 1.82) is 0 Å². The maximum Gasteiger partial charge on any atom is 0.246 e. The number of ether oxygens (including phenoxy) is 2. The number of carbonyl (C=O) groups is 1. The molecule has 0 spiro atoms. The van der Waals surface area contributed by atoms with Crippen LogP contribution in [0.25, 0.3) is 0 Å². The molecule has 3 aliphatic rings. The van der Waals surface area contributed by atoms with Crippen LogP contribution in [0.4, 0.5) is 0 Å². The predicted molar refractivity (Wildman–Crippen MR) is 91.7 cm³/mol. The zero-order valence-corrected chi connectivity index (χ0v) is 14.2. The molecule has 2 aliphatic carbocycles. The number of benzene rings is 1. The van der Waals surface area contributed by atoms with Crippen molar-refractivity contribution in [3.8, 4) is 0 Å². The lowest BCUT2D eigenvalue weighted by atomic mass is 9.60. The van der Waals surface area contributed by atoms with Gasteiger partial charge in [0.25, 0.3) is 0 Å². The molecule has 1 N–H and O–H groups in total. The number of fused-ring (bicyclic) bond motifs is 1. The van der Waals surface area contributed by atoms with Gasteiger partial charge in [-0.15, -0.1) is 0 Å². The van der Waals surface area contributed by atoms with Crippen LogP contribution in [-0.4, -0.2) is 37.9 Å². The Morgan fingerprint density at radius 1 is 1.12 bits per heavy atom. The Morgan fingerprint density at radius 2 is 1.96 bits per heavy atom. The molecular formula is C20H27NO3. The lowest BCUT2D eigenvalue weighted by molar-refractivity contribution is -0.129. The van der Waals surface area contributed by atoms with Crippen LogP contribution in [-0.2, 0) is 14.3 Å². The van der Waals surface area contributed by atoms with Crippen molar-refractivity contribution >= 4 is 5.91 Å². The van der Waals surface area contributed by atoms with Gasteiger partial charge in [-0.2, -0.15) is 0 Å². The summed E-state index contributed by atoms with van der Waals surface area (Å²) in [4.78, 5) is 12.3. The Kier molecular flexibility index (Phi) is 4.86. The lowest BCUT2D eigenvalue weighted by Gasteiger charge is -2.49. The van der Waals surface area contributed by atoms with E-state index in [1.807, 2.05) is 0 Å². The second kappa shape index (κ2) is 7.24. The van der Waals surface area contributed by atoms with Crippen LogP contribution in [0.15, 0.2) is 30.3 Å². The minimum Gasteiger partial charge on any atom is -0.376 e. The van der Waals surface area contributed by atoms with Crippen LogP contribution < -0.4 is 5.32 Å². The molecule has 1 aromatic rings. The monoisotopic (exact) mass is 329 g/mol. The fourth-order valence-electron chi connectivity index (χ4n) is 4.91. The normalized spacial score (nSPS) is 34.6. The maximum absolute atomic E-state index is 12.3. The first kappa shape index (κ1) is 16.1. The van der Waals surface area contributed by atoms with Gasteiger partial charge in [0.15, 0.2) is 0 Å². The molecule has 130 valence electrons. The summed E-state index contributed by atoms with van der Waals surface area (Å²) in [6.07, 6.45) is 6.16. The van der Waals surface area contributed by atoms with Gasteiger partial charge in [0.2, 0.25) is 5.91 Å². The third-order valence-electron chi connectivity index (χ3n) is 6.01. The molecular weight excluding hydrogens is 302 g/mol. The molecule has 24 heavy (non-hydrogen) atoms.